The van der Waals surface area contributed by atoms with E-state index in [9.17, 15) is 4.79 Å². The van der Waals surface area contributed by atoms with Crippen LogP contribution in [0.2, 0.25) is 0 Å². The van der Waals surface area contributed by atoms with Crippen LogP contribution in [-0.4, -0.2) is 52.2 Å². The van der Waals surface area contributed by atoms with Crippen LogP contribution < -0.4 is 4.90 Å². The van der Waals surface area contributed by atoms with Gasteiger partial charge in [0.1, 0.15) is 5.60 Å². The van der Waals surface area contributed by atoms with Gasteiger partial charge in [0.05, 0.1) is 0 Å². The maximum atomic E-state index is 12.2. The third kappa shape index (κ3) is 4.08. The molecular formula is C16H26N4O2. The number of hydrogen-bond donors (Lipinski definition) is 0. The number of carbonyl (C=O) groups excluding carboxylic acids is 1. The van der Waals surface area contributed by atoms with Gasteiger partial charge in [0.25, 0.3) is 0 Å². The molecule has 1 atom stereocenters. The van der Waals surface area contributed by atoms with Crippen LogP contribution in [0.15, 0.2) is 6.07 Å². The lowest BCUT2D eigenvalue weighted by molar-refractivity contribution is 0.0218. The van der Waals surface area contributed by atoms with Crippen molar-refractivity contribution in [2.45, 2.75) is 53.2 Å². The van der Waals surface area contributed by atoms with Gasteiger partial charge in [0.15, 0.2) is 0 Å². The van der Waals surface area contributed by atoms with Crippen molar-refractivity contribution < 1.29 is 9.53 Å². The summed E-state index contributed by atoms with van der Waals surface area (Å²) in [4.78, 5) is 25.1. The molecule has 22 heavy (non-hydrogen) atoms. The number of rotatable bonds is 1. The van der Waals surface area contributed by atoms with Gasteiger partial charge in [0, 0.05) is 37.1 Å². The van der Waals surface area contributed by atoms with E-state index in [1.165, 1.54) is 0 Å². The molecule has 6 nitrogen and oxygen atoms in total. The highest BCUT2D eigenvalue weighted by atomic mass is 16.6. The van der Waals surface area contributed by atoms with Crippen molar-refractivity contribution in [1.82, 2.24) is 14.9 Å². The summed E-state index contributed by atoms with van der Waals surface area (Å²) in [5, 5.41) is 0. The number of ether oxygens (including phenoxy) is 1. The molecule has 6 heteroatoms. The summed E-state index contributed by atoms with van der Waals surface area (Å²) in [7, 11) is 0. The predicted molar refractivity (Wildman–Crippen MR) is 86.1 cm³/mol. The van der Waals surface area contributed by atoms with E-state index < -0.39 is 5.60 Å². The Morgan fingerprint density at radius 2 is 1.82 bits per heavy atom. The standard InChI is InChI=1S/C16H26N4O2/c1-11-9-12(2)18-14(17-11)20-8-7-19(10-13(20)3)15(21)22-16(4,5)6/h9,13H,7-8,10H2,1-6H3. The van der Waals surface area contributed by atoms with E-state index in [-0.39, 0.29) is 12.1 Å². The Hall–Kier alpha value is -1.85. The first-order valence-corrected chi connectivity index (χ1v) is 7.72. The summed E-state index contributed by atoms with van der Waals surface area (Å²) in [5.41, 5.74) is 1.46. The molecule has 1 fully saturated rings. The predicted octanol–water partition coefficient (Wildman–Crippen LogP) is 2.54. The van der Waals surface area contributed by atoms with Crippen LogP contribution in [0.25, 0.3) is 0 Å². The van der Waals surface area contributed by atoms with Gasteiger partial charge >= 0.3 is 6.09 Å². The zero-order valence-electron chi connectivity index (χ0n) is 14.4. The summed E-state index contributed by atoms with van der Waals surface area (Å²) in [6.07, 6.45) is -0.250. The second-order valence-electron chi connectivity index (χ2n) is 6.92. The molecule has 0 radical (unpaired) electrons. The highest BCUT2D eigenvalue weighted by Gasteiger charge is 2.31. The van der Waals surface area contributed by atoms with Gasteiger partial charge < -0.3 is 14.5 Å². The summed E-state index contributed by atoms with van der Waals surface area (Å²) >= 11 is 0. The number of piperazine rings is 1. The average Bonchev–Trinajstić information content (AvgIpc) is 2.35. The van der Waals surface area contributed by atoms with Gasteiger partial charge in [0.2, 0.25) is 5.95 Å². The number of aromatic nitrogens is 2. The van der Waals surface area contributed by atoms with E-state index in [0.717, 1.165) is 17.3 Å². The number of anilines is 1. The molecule has 1 aromatic heterocycles. The van der Waals surface area contributed by atoms with Gasteiger partial charge in [-0.25, -0.2) is 14.8 Å². The molecule has 0 spiro atoms. The minimum Gasteiger partial charge on any atom is -0.444 e. The Labute approximate surface area is 132 Å². The van der Waals surface area contributed by atoms with Crippen LogP contribution >= 0.6 is 0 Å². The van der Waals surface area contributed by atoms with Crippen molar-refractivity contribution in [3.8, 4) is 0 Å². The minimum absolute atomic E-state index is 0.155. The maximum absolute atomic E-state index is 12.2. The molecule has 1 unspecified atom stereocenters. The molecule has 1 amide bonds. The van der Waals surface area contributed by atoms with Crippen LogP contribution in [0.3, 0.4) is 0 Å². The van der Waals surface area contributed by atoms with Gasteiger partial charge in [-0.1, -0.05) is 0 Å². The molecule has 1 aliphatic rings. The molecule has 0 N–H and O–H groups in total. The topological polar surface area (TPSA) is 58.6 Å². The van der Waals surface area contributed by atoms with Crippen LogP contribution in [0, 0.1) is 13.8 Å². The molecule has 122 valence electrons. The summed E-state index contributed by atoms with van der Waals surface area (Å²) < 4.78 is 5.44. The third-order valence-corrected chi connectivity index (χ3v) is 3.51. The highest BCUT2D eigenvalue weighted by Crippen LogP contribution is 2.19. The van der Waals surface area contributed by atoms with Crippen molar-refractivity contribution in [1.29, 1.82) is 0 Å². The summed E-state index contributed by atoms with van der Waals surface area (Å²) in [6.45, 7) is 13.6. The van der Waals surface area contributed by atoms with Gasteiger partial charge in [-0.15, -0.1) is 0 Å². The molecule has 1 saturated heterocycles. The van der Waals surface area contributed by atoms with Crippen LogP contribution in [-0.2, 0) is 4.74 Å². The highest BCUT2D eigenvalue weighted by molar-refractivity contribution is 5.68. The molecule has 0 saturated carbocycles. The van der Waals surface area contributed by atoms with Crippen molar-refractivity contribution in [3.05, 3.63) is 17.5 Å². The molecule has 0 aromatic carbocycles. The van der Waals surface area contributed by atoms with Crippen molar-refractivity contribution in [3.63, 3.8) is 0 Å². The first-order valence-electron chi connectivity index (χ1n) is 7.72. The van der Waals surface area contributed by atoms with Crippen molar-refractivity contribution >= 4 is 12.0 Å². The van der Waals surface area contributed by atoms with Gasteiger partial charge in [-0.3, -0.25) is 0 Å². The Bertz CT molecular complexity index is 533. The Kier molecular flexibility index (Phi) is 4.58. The van der Waals surface area contributed by atoms with Crippen molar-refractivity contribution in [2.24, 2.45) is 0 Å². The van der Waals surface area contributed by atoms with E-state index in [0.29, 0.717) is 19.6 Å². The van der Waals surface area contributed by atoms with E-state index in [4.69, 9.17) is 4.74 Å². The molecule has 1 aromatic rings. The largest absolute Gasteiger partial charge is 0.444 e. The Morgan fingerprint density at radius 1 is 1.23 bits per heavy atom. The number of carbonyl (C=O) groups is 1. The number of aryl methyl sites for hydroxylation is 2. The normalized spacial score (nSPS) is 19.3. The molecule has 0 aliphatic carbocycles. The van der Waals surface area contributed by atoms with Gasteiger partial charge in [-0.2, -0.15) is 0 Å². The average molecular weight is 306 g/mol. The first-order chi connectivity index (χ1) is 10.2. The number of hydrogen-bond acceptors (Lipinski definition) is 5. The zero-order valence-corrected chi connectivity index (χ0v) is 14.4. The molecule has 0 bridgehead atoms. The van der Waals surface area contributed by atoms with Crippen LogP contribution in [0.5, 0.6) is 0 Å². The van der Waals surface area contributed by atoms with Crippen LogP contribution in [0.4, 0.5) is 10.7 Å². The monoisotopic (exact) mass is 306 g/mol. The molecule has 1 aliphatic heterocycles. The second kappa shape index (κ2) is 6.10. The summed E-state index contributed by atoms with van der Waals surface area (Å²) in [5.74, 6) is 0.744. The summed E-state index contributed by atoms with van der Waals surface area (Å²) in [6, 6.07) is 2.12. The maximum Gasteiger partial charge on any atom is 0.410 e. The fraction of sp³-hybridized carbons (Fsp3) is 0.688. The Balaban J connectivity index is 2.05. The first kappa shape index (κ1) is 16.5. The third-order valence-electron chi connectivity index (χ3n) is 3.51. The Morgan fingerprint density at radius 3 is 2.32 bits per heavy atom. The van der Waals surface area contributed by atoms with E-state index in [1.54, 1.807) is 4.90 Å². The minimum atomic E-state index is -0.464. The SMILES string of the molecule is Cc1cc(C)nc(N2CCN(C(=O)OC(C)(C)C)CC2C)n1. The van der Waals surface area contributed by atoms with E-state index >= 15 is 0 Å². The lowest BCUT2D eigenvalue weighted by Gasteiger charge is -2.40. The molecular weight excluding hydrogens is 280 g/mol. The van der Waals surface area contributed by atoms with Crippen LogP contribution in [0.1, 0.15) is 39.1 Å². The quantitative estimate of drug-likeness (QED) is 0.798. The number of nitrogens with zero attached hydrogens (tertiary/aromatic N) is 4. The molecule has 2 heterocycles. The fourth-order valence-corrected chi connectivity index (χ4v) is 2.58. The van der Waals surface area contributed by atoms with E-state index in [2.05, 4.69) is 21.8 Å². The van der Waals surface area contributed by atoms with E-state index in [1.807, 2.05) is 40.7 Å². The second-order valence-corrected chi connectivity index (χ2v) is 6.92. The molecule has 2 rings (SSSR count). The number of amides is 1. The lowest BCUT2D eigenvalue weighted by atomic mass is 10.2. The van der Waals surface area contributed by atoms with Gasteiger partial charge in [-0.05, 0) is 47.6 Å². The smallest absolute Gasteiger partial charge is 0.410 e. The lowest BCUT2D eigenvalue weighted by Crippen LogP contribution is -2.55. The van der Waals surface area contributed by atoms with Crippen molar-refractivity contribution in [2.75, 3.05) is 24.5 Å². The fourth-order valence-electron chi connectivity index (χ4n) is 2.58. The zero-order chi connectivity index (χ0) is 16.5.